The van der Waals surface area contributed by atoms with E-state index in [1.54, 1.807) is 25.3 Å². The lowest BCUT2D eigenvalue weighted by Crippen LogP contribution is -2.29. The van der Waals surface area contributed by atoms with Gasteiger partial charge in [-0.2, -0.15) is 0 Å². The molecule has 0 saturated carbocycles. The third-order valence-electron chi connectivity index (χ3n) is 2.23. The van der Waals surface area contributed by atoms with E-state index in [-0.39, 0.29) is 5.91 Å². The fraction of sp³-hybridized carbons (Fsp3) is 0.417. The molecule has 17 heavy (non-hydrogen) atoms. The molecule has 1 aromatic carbocycles. The summed E-state index contributed by atoms with van der Waals surface area (Å²) in [5, 5.41) is 0. The lowest BCUT2D eigenvalue weighted by molar-refractivity contribution is 0.0924. The number of hydrogen-bond donors (Lipinski definition) is 2. The van der Waals surface area contributed by atoms with Crippen LogP contribution in [0.3, 0.4) is 0 Å². The van der Waals surface area contributed by atoms with E-state index in [4.69, 9.17) is 15.3 Å². The summed E-state index contributed by atoms with van der Waals surface area (Å²) in [4.78, 5) is 11.3. The zero-order valence-electron chi connectivity index (χ0n) is 9.94. The molecule has 0 atom stereocenters. The van der Waals surface area contributed by atoms with Gasteiger partial charge >= 0.3 is 0 Å². The van der Waals surface area contributed by atoms with Gasteiger partial charge in [-0.3, -0.25) is 10.2 Å². The Morgan fingerprint density at radius 1 is 1.41 bits per heavy atom. The average Bonchev–Trinajstić information content (AvgIpc) is 2.38. The first kappa shape index (κ1) is 13.6. The predicted molar refractivity (Wildman–Crippen MR) is 64.2 cm³/mol. The van der Waals surface area contributed by atoms with E-state index in [2.05, 4.69) is 5.43 Å². The van der Waals surface area contributed by atoms with Crippen LogP contribution in [0.4, 0.5) is 0 Å². The summed E-state index contributed by atoms with van der Waals surface area (Å²) in [5.41, 5.74) is 3.58. The zero-order chi connectivity index (χ0) is 12.5. The van der Waals surface area contributed by atoms with E-state index in [1.165, 1.54) is 0 Å². The number of nitrogens with two attached hydrogens (primary N) is 1. The summed E-state index contributed by atoms with van der Waals surface area (Å²) < 4.78 is 10.4. The van der Waals surface area contributed by atoms with Gasteiger partial charge in [0.1, 0.15) is 0 Å². The van der Waals surface area contributed by atoms with E-state index >= 15 is 0 Å². The number of methoxy groups -OCH3 is 1. The van der Waals surface area contributed by atoms with Gasteiger partial charge in [0, 0.05) is 25.9 Å². The first-order valence-corrected chi connectivity index (χ1v) is 5.44. The molecule has 3 N–H and O–H groups in total. The molecule has 0 aliphatic carbocycles. The minimum Gasteiger partial charge on any atom is -0.385 e. The second kappa shape index (κ2) is 7.78. The van der Waals surface area contributed by atoms with Crippen molar-refractivity contribution in [3.8, 4) is 0 Å². The molecule has 0 unspecified atom stereocenters. The number of benzene rings is 1. The number of carbonyl (C=O) groups excluding carboxylic acids is 1. The van der Waals surface area contributed by atoms with Gasteiger partial charge in [-0.1, -0.05) is 12.1 Å². The molecule has 5 heteroatoms. The summed E-state index contributed by atoms with van der Waals surface area (Å²) in [5.74, 6) is 4.76. The van der Waals surface area contributed by atoms with Gasteiger partial charge in [-0.05, 0) is 24.1 Å². The number of hydrazine groups is 1. The summed E-state index contributed by atoms with van der Waals surface area (Å²) in [6, 6.07) is 7.18. The average molecular weight is 238 g/mol. The van der Waals surface area contributed by atoms with Crippen molar-refractivity contribution >= 4 is 5.91 Å². The van der Waals surface area contributed by atoms with Crippen molar-refractivity contribution in [2.24, 2.45) is 5.84 Å². The van der Waals surface area contributed by atoms with Gasteiger partial charge in [-0.25, -0.2) is 5.84 Å². The molecule has 0 saturated heterocycles. The van der Waals surface area contributed by atoms with E-state index in [0.29, 0.717) is 25.4 Å². The number of rotatable bonds is 7. The van der Waals surface area contributed by atoms with Crippen LogP contribution >= 0.6 is 0 Å². The highest BCUT2D eigenvalue weighted by atomic mass is 16.5. The van der Waals surface area contributed by atoms with E-state index < -0.39 is 0 Å². The minimum absolute atomic E-state index is 0.300. The predicted octanol–water partition coefficient (Wildman–Crippen LogP) is 0.843. The van der Waals surface area contributed by atoms with E-state index in [0.717, 1.165) is 12.0 Å². The molecule has 1 aromatic rings. The van der Waals surface area contributed by atoms with Gasteiger partial charge in [-0.15, -0.1) is 0 Å². The fourth-order valence-corrected chi connectivity index (χ4v) is 1.38. The quantitative estimate of drug-likeness (QED) is 0.319. The smallest absolute Gasteiger partial charge is 0.265 e. The van der Waals surface area contributed by atoms with Crippen LogP contribution in [-0.2, 0) is 16.1 Å². The summed E-state index contributed by atoms with van der Waals surface area (Å²) >= 11 is 0. The maximum atomic E-state index is 11.3. The third-order valence-corrected chi connectivity index (χ3v) is 2.23. The topological polar surface area (TPSA) is 73.6 Å². The number of amides is 1. The monoisotopic (exact) mass is 238 g/mol. The molecule has 0 aliphatic rings. The summed E-state index contributed by atoms with van der Waals surface area (Å²) in [6.45, 7) is 1.81. The Morgan fingerprint density at radius 3 is 2.94 bits per heavy atom. The standard InChI is InChI=1S/C12H18N2O3/c1-16-6-3-7-17-9-10-4-2-5-11(8-10)12(15)14-13/h2,4-5,8H,3,6-7,9,13H2,1H3,(H,14,15). The van der Waals surface area contributed by atoms with Crippen LogP contribution in [-0.4, -0.2) is 26.2 Å². The molecule has 94 valence electrons. The van der Waals surface area contributed by atoms with Crippen molar-refractivity contribution in [2.75, 3.05) is 20.3 Å². The Labute approximate surface area is 101 Å². The van der Waals surface area contributed by atoms with Gasteiger partial charge in [0.2, 0.25) is 0 Å². The molecular formula is C12H18N2O3. The highest BCUT2D eigenvalue weighted by molar-refractivity contribution is 5.93. The molecule has 5 nitrogen and oxygen atoms in total. The molecule has 0 heterocycles. The fourth-order valence-electron chi connectivity index (χ4n) is 1.38. The molecule has 0 aromatic heterocycles. The van der Waals surface area contributed by atoms with Crippen molar-refractivity contribution in [1.82, 2.24) is 5.43 Å². The highest BCUT2D eigenvalue weighted by Crippen LogP contribution is 2.06. The Balaban J connectivity index is 2.40. The van der Waals surface area contributed by atoms with Crippen molar-refractivity contribution in [2.45, 2.75) is 13.0 Å². The number of nitrogens with one attached hydrogen (secondary N) is 1. The molecule has 0 fully saturated rings. The maximum absolute atomic E-state index is 11.3. The first-order valence-electron chi connectivity index (χ1n) is 5.44. The highest BCUT2D eigenvalue weighted by Gasteiger charge is 2.03. The second-order valence-corrected chi connectivity index (χ2v) is 3.57. The Bertz CT molecular complexity index is 355. The molecule has 0 aliphatic heterocycles. The van der Waals surface area contributed by atoms with Gasteiger partial charge in [0.25, 0.3) is 5.91 Å². The lowest BCUT2D eigenvalue weighted by atomic mass is 10.1. The van der Waals surface area contributed by atoms with Crippen LogP contribution < -0.4 is 11.3 Å². The van der Waals surface area contributed by atoms with Crippen molar-refractivity contribution in [1.29, 1.82) is 0 Å². The lowest BCUT2D eigenvalue weighted by Gasteiger charge is -2.06. The number of carbonyl (C=O) groups is 1. The van der Waals surface area contributed by atoms with E-state index in [1.807, 2.05) is 6.07 Å². The van der Waals surface area contributed by atoms with Crippen LogP contribution in [0.2, 0.25) is 0 Å². The van der Waals surface area contributed by atoms with Gasteiger partial charge < -0.3 is 9.47 Å². The Morgan fingerprint density at radius 2 is 2.24 bits per heavy atom. The molecule has 0 radical (unpaired) electrons. The van der Waals surface area contributed by atoms with E-state index in [9.17, 15) is 4.79 Å². The zero-order valence-corrected chi connectivity index (χ0v) is 9.94. The van der Waals surface area contributed by atoms with Crippen LogP contribution in [0.15, 0.2) is 24.3 Å². The largest absolute Gasteiger partial charge is 0.385 e. The first-order chi connectivity index (χ1) is 8.27. The SMILES string of the molecule is COCCCOCc1cccc(C(=O)NN)c1. The van der Waals surface area contributed by atoms with Crippen LogP contribution in [0.5, 0.6) is 0 Å². The Kier molecular flexibility index (Phi) is 6.24. The van der Waals surface area contributed by atoms with Crippen molar-refractivity contribution in [3.63, 3.8) is 0 Å². The van der Waals surface area contributed by atoms with Crippen LogP contribution in [0, 0.1) is 0 Å². The molecular weight excluding hydrogens is 220 g/mol. The number of ether oxygens (including phenoxy) is 2. The minimum atomic E-state index is -0.300. The van der Waals surface area contributed by atoms with Crippen LogP contribution in [0.25, 0.3) is 0 Å². The third kappa shape index (κ3) is 4.95. The molecule has 0 spiro atoms. The Hall–Kier alpha value is -1.43. The molecule has 1 amide bonds. The molecule has 0 bridgehead atoms. The molecule has 1 rings (SSSR count). The number of nitrogen functional groups attached to an aromatic ring is 1. The second-order valence-electron chi connectivity index (χ2n) is 3.57. The van der Waals surface area contributed by atoms with Crippen molar-refractivity contribution in [3.05, 3.63) is 35.4 Å². The summed E-state index contributed by atoms with van der Waals surface area (Å²) in [6.07, 6.45) is 0.861. The van der Waals surface area contributed by atoms with Gasteiger partial charge in [0.15, 0.2) is 0 Å². The maximum Gasteiger partial charge on any atom is 0.265 e. The summed E-state index contributed by atoms with van der Waals surface area (Å²) in [7, 11) is 1.66. The van der Waals surface area contributed by atoms with Gasteiger partial charge in [0.05, 0.1) is 6.61 Å². The van der Waals surface area contributed by atoms with Crippen molar-refractivity contribution < 1.29 is 14.3 Å². The van der Waals surface area contributed by atoms with Crippen LogP contribution in [0.1, 0.15) is 22.3 Å². The number of hydrogen-bond acceptors (Lipinski definition) is 4. The normalized spacial score (nSPS) is 10.2.